The molecule has 1 aliphatic rings. The first-order valence-electron chi connectivity index (χ1n) is 9.89. The van der Waals surface area contributed by atoms with Gasteiger partial charge in [-0.2, -0.15) is 0 Å². The first kappa shape index (κ1) is 21.9. The number of anilines is 1. The van der Waals surface area contributed by atoms with Gasteiger partial charge in [0.25, 0.3) is 0 Å². The molecule has 0 radical (unpaired) electrons. The molecule has 0 aromatic heterocycles. The fourth-order valence-electron chi connectivity index (χ4n) is 3.47. The average Bonchev–Trinajstić information content (AvgIpc) is 3.14. The molecule has 6 nitrogen and oxygen atoms in total. The first-order valence-corrected chi connectivity index (χ1v) is 10.3. The van der Waals surface area contributed by atoms with Crippen LogP contribution in [0, 0.1) is 0 Å². The van der Waals surface area contributed by atoms with Gasteiger partial charge in [-0.3, -0.25) is 14.5 Å². The Morgan fingerprint density at radius 3 is 2.43 bits per heavy atom. The summed E-state index contributed by atoms with van der Waals surface area (Å²) in [5.74, 6) is 1.31. The molecule has 1 aliphatic heterocycles. The lowest BCUT2D eigenvalue weighted by molar-refractivity contribution is -0.119. The topological polar surface area (TPSA) is 61.9 Å². The van der Waals surface area contributed by atoms with Crippen LogP contribution in [0.4, 0.5) is 5.69 Å². The van der Waals surface area contributed by atoms with Crippen LogP contribution in [0.3, 0.4) is 0 Å². The van der Waals surface area contributed by atoms with E-state index in [2.05, 4.69) is 16.8 Å². The highest BCUT2D eigenvalue weighted by molar-refractivity contribution is 6.30. The zero-order chi connectivity index (χ0) is 21.5. The van der Waals surface area contributed by atoms with Gasteiger partial charge in [0.2, 0.25) is 11.8 Å². The smallest absolute Gasteiger partial charge is 0.241 e. The Bertz CT molecular complexity index is 884. The van der Waals surface area contributed by atoms with Crippen LogP contribution < -0.4 is 15.0 Å². The van der Waals surface area contributed by atoms with Gasteiger partial charge in [-0.25, -0.2) is 0 Å². The lowest BCUT2D eigenvalue weighted by Gasteiger charge is -2.24. The van der Waals surface area contributed by atoms with Gasteiger partial charge in [-0.05, 0) is 55.0 Å². The Morgan fingerprint density at radius 2 is 1.83 bits per heavy atom. The molecular formula is C23H26ClN3O3. The number of carbonyl (C=O) groups excluding carboxylic acids is 2. The summed E-state index contributed by atoms with van der Waals surface area (Å²) in [7, 11) is 0. The molecule has 30 heavy (non-hydrogen) atoms. The summed E-state index contributed by atoms with van der Waals surface area (Å²) in [5, 5.41) is 3.57. The molecule has 1 fully saturated rings. The molecule has 0 saturated carbocycles. The minimum Gasteiger partial charge on any atom is -0.457 e. The maximum atomic E-state index is 12.9. The summed E-state index contributed by atoms with van der Waals surface area (Å²) < 4.78 is 5.81. The van der Waals surface area contributed by atoms with E-state index in [9.17, 15) is 9.59 Å². The van der Waals surface area contributed by atoms with Crippen molar-refractivity contribution in [3.8, 4) is 11.5 Å². The molecule has 0 spiro atoms. The second-order valence-electron chi connectivity index (χ2n) is 7.26. The van der Waals surface area contributed by atoms with Crippen LogP contribution in [-0.2, 0) is 9.59 Å². The standard InChI is InChI=1S/C23H26ClN3O3/c1-3-13-27(23(29)16-26-14-12-19(15-26)25-17(2)28)20-6-10-22(11-7-20)30-21-8-4-18(24)5-9-21/h3-11,19H,1,12-16H2,2H3,(H,25,28)/t19-/m0/s1. The lowest BCUT2D eigenvalue weighted by atomic mass is 10.2. The van der Waals surface area contributed by atoms with Gasteiger partial charge in [-0.1, -0.05) is 17.7 Å². The third kappa shape index (κ3) is 6.08. The molecule has 0 bridgehead atoms. The zero-order valence-electron chi connectivity index (χ0n) is 17.0. The van der Waals surface area contributed by atoms with Crippen molar-refractivity contribution in [1.82, 2.24) is 10.2 Å². The molecule has 1 N–H and O–H groups in total. The third-order valence-electron chi connectivity index (χ3n) is 4.85. The van der Waals surface area contributed by atoms with Gasteiger partial charge in [0.1, 0.15) is 11.5 Å². The molecule has 0 aliphatic carbocycles. The number of nitrogens with zero attached hydrogens (tertiary/aromatic N) is 2. The summed E-state index contributed by atoms with van der Waals surface area (Å²) in [5.41, 5.74) is 0.779. The molecule has 1 saturated heterocycles. The van der Waals surface area contributed by atoms with Crippen molar-refractivity contribution in [1.29, 1.82) is 0 Å². The minimum absolute atomic E-state index is 0.00950. The monoisotopic (exact) mass is 427 g/mol. The summed E-state index contributed by atoms with van der Waals surface area (Å²) in [6.07, 6.45) is 2.56. The summed E-state index contributed by atoms with van der Waals surface area (Å²) in [6.45, 7) is 7.47. The van der Waals surface area contributed by atoms with E-state index in [0.717, 1.165) is 18.7 Å². The average molecular weight is 428 g/mol. The Labute approximate surface area is 182 Å². The SMILES string of the molecule is C=CCN(C(=O)CN1CC[C@H](NC(C)=O)C1)c1ccc(Oc2ccc(Cl)cc2)cc1. The number of hydrogen-bond acceptors (Lipinski definition) is 4. The Morgan fingerprint density at radius 1 is 1.20 bits per heavy atom. The number of nitrogens with one attached hydrogen (secondary N) is 1. The normalized spacial score (nSPS) is 16.1. The molecule has 2 amide bonds. The van der Waals surface area contributed by atoms with E-state index in [1.54, 1.807) is 35.2 Å². The number of rotatable bonds is 8. The van der Waals surface area contributed by atoms with Gasteiger partial charge in [0.05, 0.1) is 6.54 Å². The van der Waals surface area contributed by atoms with Crippen LogP contribution in [0.15, 0.2) is 61.2 Å². The van der Waals surface area contributed by atoms with Crippen LogP contribution in [0.5, 0.6) is 11.5 Å². The van der Waals surface area contributed by atoms with E-state index in [4.69, 9.17) is 16.3 Å². The largest absolute Gasteiger partial charge is 0.457 e. The highest BCUT2D eigenvalue weighted by atomic mass is 35.5. The Balaban J connectivity index is 1.62. The number of carbonyl (C=O) groups is 2. The summed E-state index contributed by atoms with van der Waals surface area (Å²) in [4.78, 5) is 27.9. The van der Waals surface area contributed by atoms with Crippen LogP contribution in [-0.4, -0.2) is 48.9 Å². The summed E-state index contributed by atoms with van der Waals surface area (Å²) >= 11 is 5.90. The Hall–Kier alpha value is -2.83. The van der Waals surface area contributed by atoms with Crippen molar-refractivity contribution in [2.75, 3.05) is 31.1 Å². The molecule has 1 heterocycles. The number of likely N-dealkylation sites (tertiary alicyclic amines) is 1. The highest BCUT2D eigenvalue weighted by Gasteiger charge is 2.26. The van der Waals surface area contributed by atoms with Gasteiger partial charge < -0.3 is 15.0 Å². The quantitative estimate of drug-likeness (QED) is 0.650. The molecule has 158 valence electrons. The first-order chi connectivity index (χ1) is 14.4. The van der Waals surface area contributed by atoms with Crippen molar-refractivity contribution >= 4 is 29.1 Å². The van der Waals surface area contributed by atoms with E-state index in [-0.39, 0.29) is 17.9 Å². The molecule has 2 aromatic carbocycles. The summed E-state index contributed by atoms with van der Waals surface area (Å²) in [6, 6.07) is 14.6. The van der Waals surface area contributed by atoms with Gasteiger partial charge >= 0.3 is 0 Å². The van der Waals surface area contributed by atoms with Gasteiger partial charge in [-0.15, -0.1) is 6.58 Å². The number of hydrogen-bond donors (Lipinski definition) is 1. The van der Waals surface area contributed by atoms with Crippen molar-refractivity contribution in [2.24, 2.45) is 0 Å². The maximum absolute atomic E-state index is 12.9. The molecule has 2 aromatic rings. The van der Waals surface area contributed by atoms with Gasteiger partial charge in [0.15, 0.2) is 0 Å². The molecule has 3 rings (SSSR count). The third-order valence-corrected chi connectivity index (χ3v) is 5.10. The van der Waals surface area contributed by atoms with Crippen molar-refractivity contribution in [3.05, 3.63) is 66.2 Å². The molecule has 7 heteroatoms. The van der Waals surface area contributed by atoms with E-state index in [0.29, 0.717) is 36.2 Å². The van der Waals surface area contributed by atoms with Crippen LogP contribution in [0.25, 0.3) is 0 Å². The van der Waals surface area contributed by atoms with Crippen LogP contribution >= 0.6 is 11.6 Å². The Kier molecular flexibility index (Phi) is 7.49. The number of amides is 2. The van der Waals surface area contributed by atoms with Crippen LogP contribution in [0.1, 0.15) is 13.3 Å². The van der Waals surface area contributed by atoms with Crippen molar-refractivity contribution in [3.63, 3.8) is 0 Å². The second kappa shape index (κ2) is 10.3. The fraction of sp³-hybridized carbons (Fsp3) is 0.304. The number of halogens is 1. The fourth-order valence-corrected chi connectivity index (χ4v) is 3.60. The van der Waals surface area contributed by atoms with E-state index < -0.39 is 0 Å². The molecule has 1 atom stereocenters. The predicted molar refractivity (Wildman–Crippen MR) is 119 cm³/mol. The highest BCUT2D eigenvalue weighted by Crippen LogP contribution is 2.26. The van der Waals surface area contributed by atoms with E-state index in [1.807, 2.05) is 24.3 Å². The minimum atomic E-state index is -0.0395. The lowest BCUT2D eigenvalue weighted by Crippen LogP contribution is -2.41. The van der Waals surface area contributed by atoms with Crippen molar-refractivity contribution in [2.45, 2.75) is 19.4 Å². The van der Waals surface area contributed by atoms with Crippen LogP contribution in [0.2, 0.25) is 5.02 Å². The van der Waals surface area contributed by atoms with E-state index in [1.165, 1.54) is 6.92 Å². The van der Waals surface area contributed by atoms with Crippen molar-refractivity contribution < 1.29 is 14.3 Å². The zero-order valence-corrected chi connectivity index (χ0v) is 17.8. The molecular weight excluding hydrogens is 402 g/mol. The maximum Gasteiger partial charge on any atom is 0.241 e. The number of ether oxygens (including phenoxy) is 1. The second-order valence-corrected chi connectivity index (χ2v) is 7.70. The van der Waals surface area contributed by atoms with Gasteiger partial charge in [0, 0.05) is 43.3 Å². The predicted octanol–water partition coefficient (Wildman–Crippen LogP) is 3.86. The number of benzene rings is 2. The molecule has 0 unspecified atom stereocenters. The van der Waals surface area contributed by atoms with E-state index >= 15 is 0 Å².